The number of thioether (sulfide) groups is 2. The number of hydrogen-bond donors (Lipinski definition) is 0. The molecule has 0 aliphatic rings. The molecule has 10 heteroatoms. The van der Waals surface area contributed by atoms with Crippen LogP contribution in [0.2, 0.25) is 0 Å². The number of benzene rings is 2. The van der Waals surface area contributed by atoms with Gasteiger partial charge in [-0.3, -0.25) is 9.59 Å². The lowest BCUT2D eigenvalue weighted by Gasteiger charge is -2.09. The van der Waals surface area contributed by atoms with E-state index in [2.05, 4.69) is 0 Å². The van der Waals surface area contributed by atoms with Crippen LogP contribution in [0.5, 0.6) is 23.0 Å². The van der Waals surface area contributed by atoms with Crippen LogP contribution in [-0.2, 0) is 0 Å². The van der Waals surface area contributed by atoms with E-state index >= 15 is 0 Å². The average Bonchev–Trinajstić information content (AvgIpc) is 2.88. The average molecular weight is 543 g/mol. The summed E-state index contributed by atoms with van der Waals surface area (Å²) < 4.78 is 20.9. The van der Waals surface area contributed by atoms with Crippen LogP contribution in [0, 0.1) is 0 Å². The molecule has 0 spiro atoms. The lowest BCUT2D eigenvalue weighted by atomic mass is 10.2. The Morgan fingerprint density at radius 1 is 0.588 bits per heavy atom. The zero-order valence-electron chi connectivity index (χ0n) is 19.8. The summed E-state index contributed by atoms with van der Waals surface area (Å²) in [6.07, 6.45) is 1.90. The fourth-order valence-corrected chi connectivity index (χ4v) is 6.85. The molecular formula is C24H30O6S4. The maximum absolute atomic E-state index is 12.4. The van der Waals surface area contributed by atoms with Crippen molar-refractivity contribution in [3.8, 4) is 23.0 Å². The number of carbonyl (C=O) groups excluding carboxylic acids is 2. The molecule has 0 aliphatic heterocycles. The van der Waals surface area contributed by atoms with Crippen molar-refractivity contribution in [2.75, 3.05) is 51.5 Å². The van der Waals surface area contributed by atoms with E-state index in [-0.39, 0.29) is 10.2 Å². The Hall–Kier alpha value is -1.62. The van der Waals surface area contributed by atoms with Crippen molar-refractivity contribution in [1.82, 2.24) is 0 Å². The SMILES string of the molecule is COc1ccc(C(=O)SCCCSSCCCSC(=O)c2ccc(OC)c(OC)c2)cc1OC. The first-order valence-electron chi connectivity index (χ1n) is 10.6. The Bertz CT molecular complexity index is 862. The Balaban J connectivity index is 1.54. The standard InChI is InChI=1S/C24H30O6S4/c1-27-19-9-7-17(15-21(19)29-3)23(25)31-11-5-13-33-34-14-6-12-32-24(26)18-8-10-20(28-2)22(16-18)30-4/h7-10,15-16H,5-6,11-14H2,1-4H3. The monoisotopic (exact) mass is 542 g/mol. The van der Waals surface area contributed by atoms with Gasteiger partial charge in [-0.25, -0.2) is 0 Å². The summed E-state index contributed by atoms with van der Waals surface area (Å²) >= 11 is 2.65. The van der Waals surface area contributed by atoms with Gasteiger partial charge in [0.25, 0.3) is 0 Å². The third-order valence-corrected chi connectivity index (χ3v) is 9.09. The van der Waals surface area contributed by atoms with Gasteiger partial charge in [-0.2, -0.15) is 0 Å². The highest BCUT2D eigenvalue weighted by atomic mass is 33.1. The van der Waals surface area contributed by atoms with Gasteiger partial charge in [-0.1, -0.05) is 45.1 Å². The molecule has 6 nitrogen and oxygen atoms in total. The summed E-state index contributed by atoms with van der Waals surface area (Å²) in [5, 5.41) is 0.0737. The van der Waals surface area contributed by atoms with E-state index in [1.165, 1.54) is 23.5 Å². The van der Waals surface area contributed by atoms with Gasteiger partial charge in [0.05, 0.1) is 28.4 Å². The molecule has 0 unspecified atom stereocenters. The van der Waals surface area contributed by atoms with Gasteiger partial charge in [0, 0.05) is 34.1 Å². The lowest BCUT2D eigenvalue weighted by molar-refractivity contribution is 0.108. The second kappa shape index (κ2) is 16.1. The minimum Gasteiger partial charge on any atom is -0.493 e. The summed E-state index contributed by atoms with van der Waals surface area (Å²) in [6, 6.07) is 10.4. The first-order valence-corrected chi connectivity index (χ1v) is 15.0. The van der Waals surface area contributed by atoms with Crippen molar-refractivity contribution in [2.45, 2.75) is 12.8 Å². The van der Waals surface area contributed by atoms with Crippen molar-refractivity contribution in [1.29, 1.82) is 0 Å². The lowest BCUT2D eigenvalue weighted by Crippen LogP contribution is -1.98. The quantitative estimate of drug-likeness (QED) is 0.188. The third kappa shape index (κ3) is 9.20. The molecule has 0 saturated heterocycles. The highest BCUT2D eigenvalue weighted by Crippen LogP contribution is 2.31. The van der Waals surface area contributed by atoms with Crippen LogP contribution >= 0.6 is 45.1 Å². The molecule has 34 heavy (non-hydrogen) atoms. The van der Waals surface area contributed by atoms with E-state index in [9.17, 15) is 9.59 Å². The normalized spacial score (nSPS) is 10.6. The Labute approximate surface area is 218 Å². The molecule has 186 valence electrons. The maximum atomic E-state index is 12.4. The second-order valence-corrected chi connectivity index (χ2v) is 11.6. The number of rotatable bonds is 15. The second-order valence-electron chi connectivity index (χ2n) is 6.76. The molecule has 0 fully saturated rings. The molecule has 0 saturated carbocycles. The zero-order valence-corrected chi connectivity index (χ0v) is 23.1. The van der Waals surface area contributed by atoms with Crippen LogP contribution in [0.1, 0.15) is 33.6 Å². The molecule has 0 amide bonds. The van der Waals surface area contributed by atoms with Crippen LogP contribution in [0.3, 0.4) is 0 Å². The highest BCUT2D eigenvalue weighted by molar-refractivity contribution is 8.76. The topological polar surface area (TPSA) is 71.1 Å². The minimum absolute atomic E-state index is 0.0368. The van der Waals surface area contributed by atoms with Gasteiger partial charge in [-0.15, -0.1) is 0 Å². The van der Waals surface area contributed by atoms with Crippen molar-refractivity contribution < 1.29 is 28.5 Å². The van der Waals surface area contributed by atoms with Crippen LogP contribution < -0.4 is 18.9 Å². The minimum atomic E-state index is 0.0368. The number of carbonyl (C=O) groups is 2. The van der Waals surface area contributed by atoms with E-state index in [1.807, 2.05) is 0 Å². The van der Waals surface area contributed by atoms with Gasteiger partial charge in [0.15, 0.2) is 23.0 Å². The molecule has 2 rings (SSSR count). The maximum Gasteiger partial charge on any atom is 0.219 e. The Morgan fingerprint density at radius 2 is 0.971 bits per heavy atom. The smallest absolute Gasteiger partial charge is 0.219 e. The summed E-state index contributed by atoms with van der Waals surface area (Å²) in [5.41, 5.74) is 1.23. The Kier molecular flexibility index (Phi) is 13.6. The number of hydrogen-bond acceptors (Lipinski definition) is 10. The molecule has 0 heterocycles. The molecule has 2 aromatic carbocycles. The van der Waals surface area contributed by atoms with Crippen molar-refractivity contribution in [3.63, 3.8) is 0 Å². The summed E-state index contributed by atoms with van der Waals surface area (Å²) in [4.78, 5) is 24.7. The molecule has 0 radical (unpaired) electrons. The molecule has 0 N–H and O–H groups in total. The van der Waals surface area contributed by atoms with Gasteiger partial charge in [0.2, 0.25) is 10.2 Å². The first-order chi connectivity index (χ1) is 16.5. The highest BCUT2D eigenvalue weighted by Gasteiger charge is 2.12. The Morgan fingerprint density at radius 3 is 1.32 bits per heavy atom. The molecular weight excluding hydrogens is 513 g/mol. The van der Waals surface area contributed by atoms with Crippen LogP contribution in [0.4, 0.5) is 0 Å². The molecule has 0 atom stereocenters. The largest absolute Gasteiger partial charge is 0.493 e. The van der Waals surface area contributed by atoms with Gasteiger partial charge >= 0.3 is 0 Å². The molecule has 0 bridgehead atoms. The van der Waals surface area contributed by atoms with Gasteiger partial charge < -0.3 is 18.9 Å². The van der Waals surface area contributed by atoms with Crippen molar-refractivity contribution in [2.24, 2.45) is 0 Å². The zero-order chi connectivity index (χ0) is 24.8. The van der Waals surface area contributed by atoms with E-state index in [0.717, 1.165) is 35.9 Å². The third-order valence-electron chi connectivity index (χ3n) is 4.53. The molecule has 0 aliphatic carbocycles. The predicted octanol–water partition coefficient (Wildman–Crippen LogP) is 6.33. The van der Waals surface area contributed by atoms with Gasteiger partial charge in [0.1, 0.15) is 0 Å². The van der Waals surface area contributed by atoms with Crippen LogP contribution in [0.25, 0.3) is 0 Å². The van der Waals surface area contributed by atoms with E-state index in [4.69, 9.17) is 18.9 Å². The first kappa shape index (κ1) is 28.6. The number of ether oxygens (including phenoxy) is 4. The van der Waals surface area contributed by atoms with Gasteiger partial charge in [-0.05, 0) is 49.2 Å². The summed E-state index contributed by atoms with van der Waals surface area (Å²) in [5.74, 6) is 5.85. The van der Waals surface area contributed by atoms with Crippen molar-refractivity contribution in [3.05, 3.63) is 47.5 Å². The summed E-state index contributed by atoms with van der Waals surface area (Å²) in [7, 11) is 9.87. The fraction of sp³-hybridized carbons (Fsp3) is 0.417. The fourth-order valence-electron chi connectivity index (χ4n) is 2.78. The predicted molar refractivity (Wildman–Crippen MR) is 147 cm³/mol. The van der Waals surface area contributed by atoms with E-state index < -0.39 is 0 Å². The van der Waals surface area contributed by atoms with Crippen LogP contribution in [-0.4, -0.2) is 61.7 Å². The van der Waals surface area contributed by atoms with E-state index in [0.29, 0.717) is 34.1 Å². The van der Waals surface area contributed by atoms with E-state index in [1.54, 1.807) is 86.4 Å². The molecule has 0 aromatic heterocycles. The van der Waals surface area contributed by atoms with Crippen molar-refractivity contribution >= 4 is 55.3 Å². The molecule has 2 aromatic rings. The number of methoxy groups -OCH3 is 4. The van der Waals surface area contributed by atoms with Crippen LogP contribution in [0.15, 0.2) is 36.4 Å². The summed E-state index contributed by atoms with van der Waals surface area (Å²) in [6.45, 7) is 0.